The maximum Gasteiger partial charge on any atom is 0.326 e. The molecule has 2 amide bonds. The van der Waals surface area contributed by atoms with Crippen LogP contribution in [0.3, 0.4) is 0 Å². The fourth-order valence-corrected chi connectivity index (χ4v) is 2.67. The predicted octanol–water partition coefficient (Wildman–Crippen LogP) is 1.98. The van der Waals surface area contributed by atoms with Crippen molar-refractivity contribution in [2.45, 2.75) is 52.5 Å². The second-order valence-corrected chi connectivity index (χ2v) is 7.10. The zero-order valence-electron chi connectivity index (χ0n) is 12.0. The molecule has 3 N–H and O–H groups in total. The SMILES string of the molecule is CC(C)(C)[C@H](NC(=O)NCC1(C2CC2)CC1)C(=O)O. The monoisotopic (exact) mass is 268 g/mol. The minimum atomic E-state index is -0.994. The van der Waals surface area contributed by atoms with Gasteiger partial charge in [0.15, 0.2) is 0 Å². The molecule has 5 heteroatoms. The highest BCUT2D eigenvalue weighted by Crippen LogP contribution is 2.60. The fourth-order valence-electron chi connectivity index (χ4n) is 2.67. The highest BCUT2D eigenvalue weighted by Gasteiger charge is 2.53. The Morgan fingerprint density at radius 3 is 2.26 bits per heavy atom. The summed E-state index contributed by atoms with van der Waals surface area (Å²) in [5, 5.41) is 14.6. The third kappa shape index (κ3) is 3.39. The smallest absolute Gasteiger partial charge is 0.326 e. The first-order chi connectivity index (χ1) is 8.74. The normalized spacial score (nSPS) is 22.5. The number of nitrogens with one attached hydrogen (secondary N) is 2. The lowest BCUT2D eigenvalue weighted by Gasteiger charge is -2.28. The van der Waals surface area contributed by atoms with Crippen LogP contribution in [-0.4, -0.2) is 29.7 Å². The average Bonchev–Trinajstić information content (AvgIpc) is 3.13. The topological polar surface area (TPSA) is 78.4 Å². The van der Waals surface area contributed by atoms with Gasteiger partial charge < -0.3 is 15.7 Å². The first-order valence-corrected chi connectivity index (χ1v) is 7.02. The van der Waals surface area contributed by atoms with Crippen molar-refractivity contribution < 1.29 is 14.7 Å². The molecule has 0 spiro atoms. The summed E-state index contributed by atoms with van der Waals surface area (Å²) < 4.78 is 0. The number of carboxylic acid groups (broad SMARTS) is 1. The van der Waals surface area contributed by atoms with Crippen molar-refractivity contribution in [2.75, 3.05) is 6.54 Å². The first-order valence-electron chi connectivity index (χ1n) is 7.02. The largest absolute Gasteiger partial charge is 0.480 e. The number of carbonyl (C=O) groups is 2. The molecule has 2 aliphatic carbocycles. The zero-order chi connectivity index (χ0) is 14.3. The van der Waals surface area contributed by atoms with E-state index in [-0.39, 0.29) is 6.03 Å². The molecule has 108 valence electrons. The van der Waals surface area contributed by atoms with Gasteiger partial charge in [-0.2, -0.15) is 0 Å². The van der Waals surface area contributed by atoms with Crippen LogP contribution in [0.5, 0.6) is 0 Å². The second-order valence-electron chi connectivity index (χ2n) is 7.10. The van der Waals surface area contributed by atoms with Gasteiger partial charge in [-0.15, -0.1) is 0 Å². The van der Waals surface area contributed by atoms with Gasteiger partial charge in [-0.1, -0.05) is 20.8 Å². The number of aliphatic carboxylic acids is 1. The van der Waals surface area contributed by atoms with Crippen molar-refractivity contribution in [1.82, 2.24) is 10.6 Å². The Balaban J connectivity index is 1.81. The molecule has 0 aromatic carbocycles. The number of hydrogen-bond acceptors (Lipinski definition) is 2. The third-order valence-corrected chi connectivity index (χ3v) is 4.33. The summed E-state index contributed by atoms with van der Waals surface area (Å²) in [5.74, 6) is -0.211. The summed E-state index contributed by atoms with van der Waals surface area (Å²) in [6.07, 6.45) is 4.95. The summed E-state index contributed by atoms with van der Waals surface area (Å²) in [6, 6.07) is -1.24. The maximum absolute atomic E-state index is 11.8. The van der Waals surface area contributed by atoms with Crippen LogP contribution in [0.25, 0.3) is 0 Å². The fraction of sp³-hybridized carbons (Fsp3) is 0.857. The number of carboxylic acids is 1. The van der Waals surface area contributed by atoms with E-state index in [1.807, 2.05) is 0 Å². The van der Waals surface area contributed by atoms with Crippen LogP contribution in [0, 0.1) is 16.7 Å². The summed E-state index contributed by atoms with van der Waals surface area (Å²) in [6.45, 7) is 6.09. The molecule has 2 saturated carbocycles. The van der Waals surface area contributed by atoms with Gasteiger partial charge in [-0.3, -0.25) is 0 Å². The second kappa shape index (κ2) is 4.69. The molecule has 1 atom stereocenters. The van der Waals surface area contributed by atoms with Crippen molar-refractivity contribution >= 4 is 12.0 Å². The van der Waals surface area contributed by atoms with Crippen molar-refractivity contribution in [3.63, 3.8) is 0 Å². The highest BCUT2D eigenvalue weighted by atomic mass is 16.4. The van der Waals surface area contributed by atoms with E-state index in [1.54, 1.807) is 20.8 Å². The Kier molecular flexibility index (Phi) is 3.49. The number of carbonyl (C=O) groups excluding carboxylic acids is 1. The van der Waals surface area contributed by atoms with E-state index < -0.39 is 17.4 Å². The molecular formula is C14H24N2O3. The molecule has 0 heterocycles. The van der Waals surface area contributed by atoms with Gasteiger partial charge in [-0.25, -0.2) is 9.59 Å². The quantitative estimate of drug-likeness (QED) is 0.713. The van der Waals surface area contributed by atoms with E-state index in [9.17, 15) is 9.59 Å². The molecule has 0 bridgehead atoms. The minimum Gasteiger partial charge on any atom is -0.480 e. The molecular weight excluding hydrogens is 244 g/mol. The summed E-state index contributed by atoms with van der Waals surface area (Å²) in [4.78, 5) is 23.0. The lowest BCUT2D eigenvalue weighted by atomic mass is 9.87. The lowest BCUT2D eigenvalue weighted by molar-refractivity contribution is -0.141. The van der Waals surface area contributed by atoms with Gasteiger partial charge in [0.2, 0.25) is 0 Å². The van der Waals surface area contributed by atoms with Gasteiger partial charge in [0, 0.05) is 6.54 Å². The highest BCUT2D eigenvalue weighted by molar-refractivity contribution is 5.83. The van der Waals surface area contributed by atoms with Gasteiger partial charge in [0.1, 0.15) is 6.04 Å². The van der Waals surface area contributed by atoms with E-state index in [0.717, 1.165) is 5.92 Å². The molecule has 0 aliphatic heterocycles. The molecule has 2 aliphatic rings. The van der Waals surface area contributed by atoms with Gasteiger partial charge >= 0.3 is 12.0 Å². The van der Waals surface area contributed by atoms with Crippen LogP contribution in [-0.2, 0) is 4.79 Å². The van der Waals surface area contributed by atoms with Crippen molar-refractivity contribution in [1.29, 1.82) is 0 Å². The van der Waals surface area contributed by atoms with E-state index in [1.165, 1.54) is 25.7 Å². The van der Waals surface area contributed by atoms with Crippen LogP contribution >= 0.6 is 0 Å². The Hall–Kier alpha value is -1.26. The molecule has 0 aromatic rings. The van der Waals surface area contributed by atoms with Gasteiger partial charge in [-0.05, 0) is 42.4 Å². The number of rotatable bonds is 5. The molecule has 2 fully saturated rings. The lowest BCUT2D eigenvalue weighted by Crippen LogP contribution is -2.53. The molecule has 0 unspecified atom stereocenters. The van der Waals surface area contributed by atoms with Crippen LogP contribution in [0.4, 0.5) is 4.79 Å². The van der Waals surface area contributed by atoms with Gasteiger partial charge in [0.25, 0.3) is 0 Å². The van der Waals surface area contributed by atoms with Crippen molar-refractivity contribution in [3.05, 3.63) is 0 Å². The van der Waals surface area contributed by atoms with Crippen LogP contribution < -0.4 is 10.6 Å². The van der Waals surface area contributed by atoms with Crippen LogP contribution in [0.15, 0.2) is 0 Å². The summed E-state index contributed by atoms with van der Waals surface area (Å²) in [5.41, 5.74) is -0.172. The molecule has 5 nitrogen and oxygen atoms in total. The van der Waals surface area contributed by atoms with Crippen molar-refractivity contribution in [3.8, 4) is 0 Å². The molecule has 0 radical (unpaired) electrons. The number of amides is 2. The van der Waals surface area contributed by atoms with E-state index >= 15 is 0 Å². The maximum atomic E-state index is 11.8. The van der Waals surface area contributed by atoms with E-state index in [2.05, 4.69) is 10.6 Å². The van der Waals surface area contributed by atoms with Crippen LogP contribution in [0.2, 0.25) is 0 Å². The van der Waals surface area contributed by atoms with E-state index in [0.29, 0.717) is 12.0 Å². The van der Waals surface area contributed by atoms with Gasteiger partial charge in [0.05, 0.1) is 0 Å². The number of hydrogen-bond donors (Lipinski definition) is 3. The molecule has 0 aromatic heterocycles. The standard InChI is InChI=1S/C14H24N2O3/c1-13(2,3)10(11(17)18)16-12(19)15-8-14(6-7-14)9-4-5-9/h9-10H,4-8H2,1-3H3,(H,17,18)(H2,15,16,19)/t10-/m1/s1. The molecule has 19 heavy (non-hydrogen) atoms. The summed E-state index contributed by atoms with van der Waals surface area (Å²) in [7, 11) is 0. The average molecular weight is 268 g/mol. The zero-order valence-corrected chi connectivity index (χ0v) is 12.0. The Labute approximate surface area is 114 Å². The molecule has 0 saturated heterocycles. The van der Waals surface area contributed by atoms with Crippen LogP contribution in [0.1, 0.15) is 46.5 Å². The predicted molar refractivity (Wildman–Crippen MR) is 71.8 cm³/mol. The molecule has 2 rings (SSSR count). The first kappa shape index (κ1) is 14.2. The minimum absolute atomic E-state index is 0.331. The Morgan fingerprint density at radius 2 is 1.89 bits per heavy atom. The Morgan fingerprint density at radius 1 is 1.32 bits per heavy atom. The van der Waals surface area contributed by atoms with E-state index in [4.69, 9.17) is 5.11 Å². The summed E-state index contributed by atoms with van der Waals surface area (Å²) >= 11 is 0. The Bertz CT molecular complexity index is 379. The third-order valence-electron chi connectivity index (χ3n) is 4.33. The van der Waals surface area contributed by atoms with Crippen molar-refractivity contribution in [2.24, 2.45) is 16.7 Å². The number of urea groups is 1.